The van der Waals surface area contributed by atoms with Gasteiger partial charge in [0.15, 0.2) is 0 Å². The minimum Gasteiger partial charge on any atom is -0.506 e. The molecule has 5 aromatic rings. The van der Waals surface area contributed by atoms with Crippen LogP contribution in [0.5, 0.6) is 11.5 Å². The van der Waals surface area contributed by atoms with Crippen LogP contribution >= 0.6 is 0 Å². The Balaban J connectivity index is 1.61. The third kappa shape index (κ3) is 3.31. The van der Waals surface area contributed by atoms with Gasteiger partial charge in [0.2, 0.25) is 0 Å². The molecule has 36 heavy (non-hydrogen) atoms. The molecule has 178 valence electrons. The Morgan fingerprint density at radius 2 is 1.67 bits per heavy atom. The van der Waals surface area contributed by atoms with Crippen molar-refractivity contribution in [2.75, 3.05) is 12.0 Å². The van der Waals surface area contributed by atoms with Gasteiger partial charge < -0.3 is 9.84 Å². The largest absolute Gasteiger partial charge is 0.506 e. The molecule has 3 aromatic carbocycles. The predicted molar refractivity (Wildman–Crippen MR) is 145 cm³/mol. The fourth-order valence-corrected chi connectivity index (χ4v) is 5.28. The summed E-state index contributed by atoms with van der Waals surface area (Å²) in [6, 6.07) is 26.4. The van der Waals surface area contributed by atoms with E-state index in [-0.39, 0.29) is 11.2 Å². The van der Waals surface area contributed by atoms with Gasteiger partial charge in [-0.3, -0.25) is 4.90 Å². The van der Waals surface area contributed by atoms with Gasteiger partial charge in [0.25, 0.3) is 0 Å². The lowest BCUT2D eigenvalue weighted by Crippen LogP contribution is -2.31. The second-order valence-electron chi connectivity index (χ2n) is 9.78. The molecule has 2 aromatic heterocycles. The molecule has 0 saturated carbocycles. The fraction of sp³-hybridized carbons (Fsp3) is 0.161. The topological polar surface area (TPSA) is 58.5 Å². The number of hydrogen-bond donors (Lipinski definition) is 1. The van der Waals surface area contributed by atoms with Crippen molar-refractivity contribution in [3.8, 4) is 22.8 Å². The Morgan fingerprint density at radius 1 is 0.861 bits per heavy atom. The molecule has 5 nitrogen and oxygen atoms in total. The number of methoxy groups -OCH3 is 1. The maximum atomic E-state index is 10.5. The normalized spacial score (nSPS) is 13.8. The van der Waals surface area contributed by atoms with Gasteiger partial charge in [-0.05, 0) is 60.0 Å². The van der Waals surface area contributed by atoms with Crippen molar-refractivity contribution in [2.24, 2.45) is 0 Å². The van der Waals surface area contributed by atoms with Crippen molar-refractivity contribution in [3.05, 3.63) is 102 Å². The zero-order valence-electron chi connectivity index (χ0n) is 20.8. The van der Waals surface area contributed by atoms with Gasteiger partial charge in [-0.15, -0.1) is 0 Å². The molecular formula is C31H27N3O2. The van der Waals surface area contributed by atoms with E-state index in [4.69, 9.17) is 14.7 Å². The van der Waals surface area contributed by atoms with Gasteiger partial charge in [0, 0.05) is 28.6 Å². The highest BCUT2D eigenvalue weighted by molar-refractivity contribution is 5.93. The Hall–Kier alpha value is -4.38. The summed E-state index contributed by atoms with van der Waals surface area (Å²) in [6.45, 7) is 6.61. The molecule has 5 heteroatoms. The molecule has 1 aliphatic rings. The van der Waals surface area contributed by atoms with Crippen molar-refractivity contribution in [1.29, 1.82) is 0 Å². The van der Waals surface area contributed by atoms with Gasteiger partial charge in [0.05, 0.1) is 24.2 Å². The quantitative estimate of drug-likeness (QED) is 0.295. The Labute approximate surface area is 210 Å². The predicted octanol–water partition coefficient (Wildman–Crippen LogP) is 7.43. The fourth-order valence-electron chi connectivity index (χ4n) is 5.28. The summed E-state index contributed by atoms with van der Waals surface area (Å²) >= 11 is 0. The number of aryl methyl sites for hydroxylation is 1. The summed E-state index contributed by atoms with van der Waals surface area (Å²) < 4.78 is 5.67. The molecule has 1 aliphatic heterocycles. The molecule has 3 heterocycles. The minimum atomic E-state index is -0.197. The Bertz CT molecular complexity index is 1640. The summed E-state index contributed by atoms with van der Waals surface area (Å²) in [7, 11) is 1.64. The molecule has 0 aliphatic carbocycles. The number of phenolic OH excluding ortho intramolecular Hbond substituents is 1. The molecule has 0 saturated heterocycles. The molecule has 0 atom stereocenters. The number of benzene rings is 3. The minimum absolute atomic E-state index is 0.131. The Kier molecular flexibility index (Phi) is 4.97. The van der Waals surface area contributed by atoms with Crippen LogP contribution in [0.1, 0.15) is 30.5 Å². The van der Waals surface area contributed by atoms with E-state index < -0.39 is 0 Å². The van der Waals surface area contributed by atoms with Gasteiger partial charge in [-0.1, -0.05) is 50.2 Å². The van der Waals surface area contributed by atoms with E-state index in [0.717, 1.165) is 39.4 Å². The van der Waals surface area contributed by atoms with Crippen LogP contribution < -0.4 is 9.64 Å². The average Bonchev–Trinajstić information content (AvgIpc) is 2.88. The second-order valence-corrected chi connectivity index (χ2v) is 9.78. The molecule has 0 spiro atoms. The lowest BCUT2D eigenvalue weighted by atomic mass is 9.73. The number of anilines is 3. The number of aromatic hydroxyl groups is 1. The number of ether oxygens (including phenoxy) is 1. The zero-order chi connectivity index (χ0) is 25.0. The van der Waals surface area contributed by atoms with E-state index in [0.29, 0.717) is 11.3 Å². The van der Waals surface area contributed by atoms with Gasteiger partial charge in [-0.25, -0.2) is 9.97 Å². The first-order chi connectivity index (χ1) is 17.4. The van der Waals surface area contributed by atoms with Gasteiger partial charge >= 0.3 is 0 Å². The SMILES string of the molecule is COc1cc(-c2ccc3c(c2)N(c2cc(C)ccn2)c2ccccc2C3(C)C)nc2c(O)cccc12. The highest BCUT2D eigenvalue weighted by atomic mass is 16.5. The average molecular weight is 474 g/mol. The van der Waals surface area contributed by atoms with E-state index in [1.165, 1.54) is 11.1 Å². The number of hydrogen-bond acceptors (Lipinski definition) is 5. The monoisotopic (exact) mass is 473 g/mol. The number of aromatic nitrogens is 2. The summed E-state index contributed by atoms with van der Waals surface area (Å²) in [6.07, 6.45) is 1.86. The maximum absolute atomic E-state index is 10.5. The van der Waals surface area contributed by atoms with E-state index in [2.05, 4.69) is 74.2 Å². The van der Waals surface area contributed by atoms with Crippen LogP contribution in [0.3, 0.4) is 0 Å². The van der Waals surface area contributed by atoms with E-state index in [1.54, 1.807) is 19.2 Å². The number of pyridine rings is 2. The van der Waals surface area contributed by atoms with Crippen molar-refractivity contribution >= 4 is 28.1 Å². The molecule has 6 rings (SSSR count). The third-order valence-electron chi connectivity index (χ3n) is 7.16. The van der Waals surface area contributed by atoms with Crippen LogP contribution in [0.25, 0.3) is 22.2 Å². The first kappa shape index (κ1) is 22.1. The second kappa shape index (κ2) is 8.09. The highest BCUT2D eigenvalue weighted by Gasteiger charge is 2.37. The Morgan fingerprint density at radius 3 is 2.47 bits per heavy atom. The maximum Gasteiger partial charge on any atom is 0.141 e. The zero-order valence-corrected chi connectivity index (χ0v) is 20.8. The molecule has 0 fully saturated rings. The smallest absolute Gasteiger partial charge is 0.141 e. The number of nitrogens with zero attached hydrogens (tertiary/aromatic N) is 3. The molecule has 0 bridgehead atoms. The summed E-state index contributed by atoms with van der Waals surface area (Å²) in [5.74, 6) is 1.68. The summed E-state index contributed by atoms with van der Waals surface area (Å²) in [4.78, 5) is 11.8. The number of phenols is 1. The number of fused-ring (bicyclic) bond motifs is 3. The highest BCUT2D eigenvalue weighted by Crippen LogP contribution is 2.52. The van der Waals surface area contributed by atoms with Crippen LogP contribution in [0.2, 0.25) is 0 Å². The summed E-state index contributed by atoms with van der Waals surface area (Å²) in [5.41, 5.74) is 7.79. The van der Waals surface area contributed by atoms with Crippen LogP contribution in [-0.2, 0) is 5.41 Å². The van der Waals surface area contributed by atoms with Gasteiger partial charge in [0.1, 0.15) is 22.8 Å². The van der Waals surface area contributed by atoms with Crippen molar-refractivity contribution in [3.63, 3.8) is 0 Å². The molecule has 0 unspecified atom stereocenters. The van der Waals surface area contributed by atoms with Crippen LogP contribution in [0.15, 0.2) is 85.1 Å². The lowest BCUT2D eigenvalue weighted by molar-refractivity contribution is 0.419. The molecule has 0 amide bonds. The van der Waals surface area contributed by atoms with E-state index in [9.17, 15) is 5.11 Å². The number of para-hydroxylation sites is 2. The first-order valence-corrected chi connectivity index (χ1v) is 12.0. The van der Waals surface area contributed by atoms with Crippen molar-refractivity contribution < 1.29 is 9.84 Å². The molecule has 1 N–H and O–H groups in total. The van der Waals surface area contributed by atoms with Crippen molar-refractivity contribution in [2.45, 2.75) is 26.2 Å². The summed E-state index contributed by atoms with van der Waals surface area (Å²) in [5, 5.41) is 11.3. The molecular weight excluding hydrogens is 446 g/mol. The van der Waals surface area contributed by atoms with Crippen LogP contribution in [0, 0.1) is 6.92 Å². The number of rotatable bonds is 3. The van der Waals surface area contributed by atoms with Gasteiger partial charge in [-0.2, -0.15) is 0 Å². The third-order valence-corrected chi connectivity index (χ3v) is 7.16. The standard InChI is InChI=1S/C31H27N3O2/c1-19-14-15-32-29(16-19)34-25-10-6-5-9-22(25)31(2,3)23-13-12-20(17-26(23)34)24-18-28(36-4)21-8-7-11-27(35)30(21)33-24/h5-18,35H,1-4H3. The first-order valence-electron chi connectivity index (χ1n) is 12.0. The molecule has 0 radical (unpaired) electrons. The lowest BCUT2D eigenvalue weighted by Gasteiger charge is -2.41. The van der Waals surface area contributed by atoms with Crippen LogP contribution in [0.4, 0.5) is 17.2 Å². The van der Waals surface area contributed by atoms with Crippen LogP contribution in [-0.4, -0.2) is 22.2 Å². The van der Waals surface area contributed by atoms with E-state index in [1.807, 2.05) is 24.4 Å². The van der Waals surface area contributed by atoms with Crippen molar-refractivity contribution in [1.82, 2.24) is 9.97 Å². The van der Waals surface area contributed by atoms with E-state index >= 15 is 0 Å².